The first-order chi connectivity index (χ1) is 31.6. The summed E-state index contributed by atoms with van der Waals surface area (Å²) in [6, 6.07) is 9.63. The lowest BCUT2D eigenvalue weighted by molar-refractivity contribution is -0.144. The highest BCUT2D eigenvalue weighted by Gasteiger charge is 2.33. The molecule has 8 N–H and O–H groups in total. The number of nitrogens with one attached hydrogen (secondary N) is 6. The first-order valence-electron chi connectivity index (χ1n) is 21.8. The minimum absolute atomic E-state index is 0.0905. The summed E-state index contributed by atoms with van der Waals surface area (Å²) in [4.78, 5) is 120. The van der Waals surface area contributed by atoms with Gasteiger partial charge in [-0.3, -0.25) is 33.6 Å². The molecule has 19 heteroatoms. The Hall–Kier alpha value is -7.15. The fourth-order valence-electron chi connectivity index (χ4n) is 6.98. The molecule has 0 aromatic heterocycles. The Morgan fingerprint density at radius 1 is 0.776 bits per heavy atom. The van der Waals surface area contributed by atoms with Gasteiger partial charge >= 0.3 is 11.9 Å². The molecule has 1 fully saturated rings. The van der Waals surface area contributed by atoms with Crippen LogP contribution in [-0.4, -0.2) is 125 Å². The van der Waals surface area contributed by atoms with Gasteiger partial charge in [-0.15, -0.1) is 0 Å². The summed E-state index contributed by atoms with van der Waals surface area (Å²) < 4.78 is 5.78. The third kappa shape index (κ3) is 17.3. The van der Waals surface area contributed by atoms with Crippen molar-refractivity contribution >= 4 is 53.3 Å². The number of amides is 7. The zero-order valence-corrected chi connectivity index (χ0v) is 38.9. The van der Waals surface area contributed by atoms with Gasteiger partial charge in [-0.2, -0.15) is 0 Å². The maximum Gasteiger partial charge on any atom is 0.326 e. The Labute approximate surface area is 390 Å². The molecule has 1 aliphatic heterocycles. The van der Waals surface area contributed by atoms with E-state index < -0.39 is 120 Å². The largest absolute Gasteiger partial charge is 0.480 e. The number of carbonyl (C=O) groups excluding carboxylic acids is 7. The number of allylic oxidation sites excluding steroid dienone is 2. The Balaban J connectivity index is 1.99. The van der Waals surface area contributed by atoms with E-state index in [0.717, 1.165) is 16.0 Å². The van der Waals surface area contributed by atoms with E-state index >= 15 is 0 Å². The smallest absolute Gasteiger partial charge is 0.326 e. The van der Waals surface area contributed by atoms with E-state index in [-0.39, 0.29) is 18.4 Å². The van der Waals surface area contributed by atoms with Crippen molar-refractivity contribution in [2.24, 2.45) is 11.8 Å². The predicted molar refractivity (Wildman–Crippen MR) is 246 cm³/mol. The van der Waals surface area contributed by atoms with Crippen molar-refractivity contribution in [1.82, 2.24) is 36.8 Å². The van der Waals surface area contributed by atoms with Crippen LogP contribution >= 0.6 is 0 Å². The number of carboxylic acids is 2. The zero-order chi connectivity index (χ0) is 50.0. The van der Waals surface area contributed by atoms with Gasteiger partial charge < -0.3 is 51.8 Å². The quantitative estimate of drug-likeness (QED) is 0.118. The number of carboxylic acid groups (broad SMARTS) is 2. The molecule has 1 aliphatic rings. The number of methoxy groups -OCH3 is 1. The van der Waals surface area contributed by atoms with Crippen molar-refractivity contribution in [1.29, 1.82) is 0 Å². The summed E-state index contributed by atoms with van der Waals surface area (Å²) >= 11 is 0. The van der Waals surface area contributed by atoms with Crippen LogP contribution in [0.1, 0.15) is 65.0 Å². The van der Waals surface area contributed by atoms with Crippen LogP contribution < -0.4 is 31.9 Å². The highest BCUT2D eigenvalue weighted by molar-refractivity contribution is 6.00. The molecule has 362 valence electrons. The highest BCUT2D eigenvalue weighted by Crippen LogP contribution is 2.18. The van der Waals surface area contributed by atoms with Crippen molar-refractivity contribution in [3.63, 3.8) is 0 Å². The molecule has 1 saturated heterocycles. The van der Waals surface area contributed by atoms with Crippen molar-refractivity contribution in [3.05, 3.63) is 108 Å². The summed E-state index contributed by atoms with van der Waals surface area (Å²) in [6.45, 7) is 11.5. The van der Waals surface area contributed by atoms with Crippen molar-refractivity contribution in [2.45, 2.75) is 109 Å². The number of ether oxygens (including phenoxy) is 1. The van der Waals surface area contributed by atoms with Crippen molar-refractivity contribution < 1.29 is 58.1 Å². The van der Waals surface area contributed by atoms with Crippen LogP contribution in [0.3, 0.4) is 0 Å². The molecule has 2 aromatic rings. The Bertz CT molecular complexity index is 2180. The van der Waals surface area contributed by atoms with Crippen LogP contribution in [0.5, 0.6) is 0 Å². The number of carbonyl (C=O) groups is 9. The topological polar surface area (TPSA) is 279 Å². The number of benzene rings is 2. The molecule has 2 aromatic carbocycles. The van der Waals surface area contributed by atoms with Gasteiger partial charge in [-0.1, -0.05) is 105 Å². The van der Waals surface area contributed by atoms with Gasteiger partial charge in [-0.25, -0.2) is 9.59 Å². The van der Waals surface area contributed by atoms with Gasteiger partial charge in [0.2, 0.25) is 35.4 Å². The molecule has 3 rings (SSSR count). The number of likely N-dealkylation sites (N-methyl/N-ethyl adjacent to an activating group) is 1. The first kappa shape index (κ1) is 54.2. The molecule has 0 aliphatic carbocycles. The number of aliphatic carboxylic acids is 2. The number of rotatable bonds is 11. The van der Waals surface area contributed by atoms with E-state index in [1.54, 1.807) is 43.5 Å². The molecule has 67 heavy (non-hydrogen) atoms. The summed E-state index contributed by atoms with van der Waals surface area (Å²) in [7, 11) is 2.83. The van der Waals surface area contributed by atoms with Crippen LogP contribution in [0.15, 0.2) is 96.7 Å². The van der Waals surface area contributed by atoms with Gasteiger partial charge in [0.05, 0.1) is 24.5 Å². The molecular weight excluding hydrogens is 867 g/mol. The molecule has 19 nitrogen and oxygen atoms in total. The maximum absolute atomic E-state index is 13.7. The minimum atomic E-state index is -1.83. The van der Waals surface area contributed by atoms with Crippen molar-refractivity contribution in [3.8, 4) is 0 Å². The van der Waals surface area contributed by atoms with Gasteiger partial charge in [0.1, 0.15) is 35.9 Å². The third-order valence-corrected chi connectivity index (χ3v) is 11.3. The van der Waals surface area contributed by atoms with Gasteiger partial charge in [0.25, 0.3) is 5.91 Å². The summed E-state index contributed by atoms with van der Waals surface area (Å²) in [5.74, 6) is -10.4. The molecular formula is C48H63N7O12. The predicted octanol–water partition coefficient (Wildman–Crippen LogP) is 1.54. The van der Waals surface area contributed by atoms with Gasteiger partial charge in [0.15, 0.2) is 0 Å². The molecule has 0 spiro atoms. The van der Waals surface area contributed by atoms with Crippen LogP contribution in [0, 0.1) is 11.8 Å². The molecule has 0 saturated carbocycles. The van der Waals surface area contributed by atoms with E-state index in [1.807, 2.05) is 50.3 Å². The van der Waals surface area contributed by atoms with E-state index in [4.69, 9.17) is 4.74 Å². The summed E-state index contributed by atoms with van der Waals surface area (Å²) in [5.41, 5.74) is 1.98. The molecule has 0 radical (unpaired) electrons. The number of hydrogen-bond acceptors (Lipinski definition) is 10. The molecule has 9 atom stereocenters. The number of nitrogens with zero attached hydrogens (tertiary/aromatic N) is 1. The fraction of sp³-hybridized carbons (Fsp3) is 0.438. The van der Waals surface area contributed by atoms with Crippen LogP contribution in [0.4, 0.5) is 0 Å². The first-order valence-corrected chi connectivity index (χ1v) is 21.8. The molecule has 7 amide bonds. The van der Waals surface area contributed by atoms with Crippen molar-refractivity contribution in [2.75, 3.05) is 14.2 Å². The van der Waals surface area contributed by atoms with Crippen LogP contribution in [-0.2, 0) is 60.7 Å². The lowest BCUT2D eigenvalue weighted by Crippen LogP contribution is -2.57. The third-order valence-electron chi connectivity index (χ3n) is 11.3. The maximum atomic E-state index is 13.7. The second-order valence-electron chi connectivity index (χ2n) is 16.6. The van der Waals surface area contributed by atoms with E-state index in [0.29, 0.717) is 12.0 Å². The average Bonchev–Trinajstić information content (AvgIpc) is 3.29. The second kappa shape index (κ2) is 26.1. The minimum Gasteiger partial charge on any atom is -0.480 e. The summed E-state index contributed by atoms with van der Waals surface area (Å²) in [6.07, 6.45) is 3.75. The normalized spacial score (nSPS) is 25.0. The Kier molecular flexibility index (Phi) is 21.1. The monoisotopic (exact) mass is 929 g/mol. The van der Waals surface area contributed by atoms with E-state index in [2.05, 4.69) is 38.5 Å². The van der Waals surface area contributed by atoms with E-state index in [1.165, 1.54) is 33.9 Å². The summed E-state index contributed by atoms with van der Waals surface area (Å²) in [5, 5.41) is 34.8. The zero-order valence-electron chi connectivity index (χ0n) is 38.9. The average molecular weight is 930 g/mol. The molecule has 0 bridgehead atoms. The van der Waals surface area contributed by atoms with Gasteiger partial charge in [-0.05, 0) is 44.7 Å². The Morgan fingerprint density at radius 3 is 1.91 bits per heavy atom. The van der Waals surface area contributed by atoms with Gasteiger partial charge in [0, 0.05) is 32.9 Å². The van der Waals surface area contributed by atoms with E-state index in [9.17, 15) is 53.4 Å². The lowest BCUT2D eigenvalue weighted by Gasteiger charge is -2.26. The van der Waals surface area contributed by atoms with Crippen LogP contribution in [0.2, 0.25) is 0 Å². The fourth-order valence-corrected chi connectivity index (χ4v) is 6.98. The SMILES string of the molecule is C=C1C(=O)NC(C)C(=O)NC(Cc2ccccc2)C(=O)NC(C(=O)O)CC(=O)NC(C)C(=O)NC(/C=C/C(C)=C/C(C)C(Cc2ccccc2)OC)C(C)C(=O)NC(C(=O)O)CCC(=O)N1C. The Morgan fingerprint density at radius 2 is 1.33 bits per heavy atom. The molecule has 1 heterocycles. The molecule has 9 unspecified atom stereocenters. The second-order valence-corrected chi connectivity index (χ2v) is 16.6. The lowest BCUT2D eigenvalue weighted by atomic mass is 9.94. The number of hydrogen-bond donors (Lipinski definition) is 8. The van der Waals surface area contributed by atoms with Crippen LogP contribution in [0.25, 0.3) is 0 Å². The standard InChI is InChI=1S/C48H63N7O12/c1-27(23-28(2)39(67-8)25-34-17-13-10-14-18-34)19-20-35-29(3)42(58)52-36(47(63)64)21-22-41(57)55(7)32(6)45(61)50-31(5)44(60)53-37(24-33-15-11-9-12-16-33)46(62)54-38(48(65)66)26-40(56)49-30(4)43(59)51-35/h9-20,23,28-31,35-39H,6,21-22,24-26H2,1-5,7-8H3,(H,49,56)(H,50,61)(H,51,59)(H,52,58)(H,53,60)(H,54,62)(H,63,64)(H,65,66)/b20-19+,27-23+. The highest BCUT2D eigenvalue weighted by atomic mass is 16.5.